The van der Waals surface area contributed by atoms with Crippen LogP contribution in [0.25, 0.3) is 0 Å². The van der Waals surface area contributed by atoms with E-state index in [1.807, 2.05) is 4.90 Å². The van der Waals surface area contributed by atoms with Gasteiger partial charge < -0.3 is 27.4 Å². The zero-order valence-corrected chi connectivity index (χ0v) is 17.9. The predicted octanol–water partition coefficient (Wildman–Crippen LogP) is 0.939. The summed E-state index contributed by atoms with van der Waals surface area (Å²) in [7, 11) is 0. The minimum absolute atomic E-state index is 0.00360. The Balaban J connectivity index is 1.91. The number of amides is 2. The maximum Gasteiger partial charge on any atom is 0.245 e. The molecule has 2 fully saturated rings. The Morgan fingerprint density at radius 1 is 1.07 bits per heavy atom. The predicted molar refractivity (Wildman–Crippen MR) is 116 cm³/mol. The average Bonchev–Trinajstić information content (AvgIpc) is 2.72. The third-order valence-electron chi connectivity index (χ3n) is 6.46. The molecule has 0 unspecified atom stereocenters. The van der Waals surface area contributed by atoms with Gasteiger partial charge in [0.05, 0.1) is 0 Å². The minimum atomic E-state index is -0.456. The van der Waals surface area contributed by atoms with Crippen molar-refractivity contribution in [1.29, 1.82) is 0 Å². The van der Waals surface area contributed by atoms with Crippen LogP contribution in [0.15, 0.2) is 4.99 Å². The first-order chi connectivity index (χ1) is 13.9. The highest BCUT2D eigenvalue weighted by Gasteiger charge is 2.31. The van der Waals surface area contributed by atoms with E-state index in [4.69, 9.17) is 17.2 Å². The fraction of sp³-hybridized carbons (Fsp3) is 0.857. The Hall–Kier alpha value is -1.83. The van der Waals surface area contributed by atoms with Crippen LogP contribution in [0.2, 0.25) is 0 Å². The highest BCUT2D eigenvalue weighted by molar-refractivity contribution is 5.88. The number of nitrogens with two attached hydrogens (primary N) is 3. The van der Waals surface area contributed by atoms with Crippen LogP contribution < -0.4 is 22.5 Å². The largest absolute Gasteiger partial charge is 0.370 e. The second-order valence-corrected chi connectivity index (χ2v) is 8.82. The number of hydrogen-bond acceptors (Lipinski definition) is 4. The van der Waals surface area contributed by atoms with Gasteiger partial charge in [-0.25, -0.2) is 0 Å². The molecule has 1 saturated carbocycles. The minimum Gasteiger partial charge on any atom is -0.370 e. The molecule has 8 nitrogen and oxygen atoms in total. The molecular weight excluding hydrogens is 368 g/mol. The number of unbranched alkanes of at least 4 members (excludes halogenated alkanes) is 1. The van der Waals surface area contributed by atoms with Gasteiger partial charge in [0, 0.05) is 25.6 Å². The summed E-state index contributed by atoms with van der Waals surface area (Å²) in [5.74, 6) is 1.35. The van der Waals surface area contributed by atoms with Crippen LogP contribution >= 0.6 is 0 Å². The monoisotopic (exact) mass is 408 g/mol. The molecule has 1 atom stereocenters. The molecule has 0 aromatic carbocycles. The maximum atomic E-state index is 13.1. The smallest absolute Gasteiger partial charge is 0.245 e. The molecule has 7 N–H and O–H groups in total. The van der Waals surface area contributed by atoms with E-state index in [-0.39, 0.29) is 23.7 Å². The molecule has 1 aliphatic heterocycles. The van der Waals surface area contributed by atoms with Crippen molar-refractivity contribution in [2.24, 2.45) is 39.9 Å². The summed E-state index contributed by atoms with van der Waals surface area (Å²) in [5.41, 5.74) is 16.5. The number of hydrogen-bond donors (Lipinski definition) is 4. The average molecular weight is 409 g/mol. The third-order valence-corrected chi connectivity index (χ3v) is 6.46. The van der Waals surface area contributed by atoms with Crippen LogP contribution in [-0.2, 0) is 9.59 Å². The molecule has 0 spiro atoms. The second-order valence-electron chi connectivity index (χ2n) is 8.82. The number of guanidine groups is 1. The molecule has 2 amide bonds. The van der Waals surface area contributed by atoms with Gasteiger partial charge in [-0.1, -0.05) is 6.92 Å². The van der Waals surface area contributed by atoms with Gasteiger partial charge in [-0.2, -0.15) is 0 Å². The van der Waals surface area contributed by atoms with E-state index in [0.29, 0.717) is 31.3 Å². The Morgan fingerprint density at radius 2 is 1.72 bits per heavy atom. The third kappa shape index (κ3) is 7.84. The number of rotatable bonds is 9. The van der Waals surface area contributed by atoms with Crippen LogP contribution in [0.4, 0.5) is 0 Å². The van der Waals surface area contributed by atoms with E-state index < -0.39 is 6.04 Å². The van der Waals surface area contributed by atoms with Gasteiger partial charge in [0.15, 0.2) is 5.96 Å². The van der Waals surface area contributed by atoms with Gasteiger partial charge in [-0.05, 0) is 76.2 Å². The van der Waals surface area contributed by atoms with Crippen LogP contribution in [0.3, 0.4) is 0 Å². The number of nitrogens with zero attached hydrogens (tertiary/aromatic N) is 2. The molecule has 2 aliphatic rings. The fourth-order valence-corrected chi connectivity index (χ4v) is 4.33. The van der Waals surface area contributed by atoms with Crippen molar-refractivity contribution in [3.8, 4) is 0 Å². The summed E-state index contributed by atoms with van der Waals surface area (Å²) >= 11 is 0. The van der Waals surface area contributed by atoms with Crippen molar-refractivity contribution < 1.29 is 9.59 Å². The lowest BCUT2D eigenvalue weighted by atomic mass is 9.81. The lowest BCUT2D eigenvalue weighted by Gasteiger charge is -2.34. The van der Waals surface area contributed by atoms with Gasteiger partial charge in [0.2, 0.25) is 11.8 Å². The Kier molecular flexibility index (Phi) is 9.70. The van der Waals surface area contributed by atoms with Crippen molar-refractivity contribution in [2.75, 3.05) is 26.2 Å². The number of carbonyl (C=O) groups excluding carboxylic acids is 2. The molecule has 1 aliphatic carbocycles. The number of piperidine rings is 1. The van der Waals surface area contributed by atoms with Gasteiger partial charge >= 0.3 is 0 Å². The number of aliphatic imine (C=N–C) groups is 1. The number of carbonyl (C=O) groups is 2. The lowest BCUT2D eigenvalue weighted by molar-refractivity contribution is -0.139. The van der Waals surface area contributed by atoms with Crippen molar-refractivity contribution in [3.63, 3.8) is 0 Å². The molecule has 166 valence electrons. The zero-order valence-electron chi connectivity index (χ0n) is 17.9. The molecule has 0 bridgehead atoms. The maximum absolute atomic E-state index is 13.1. The van der Waals surface area contributed by atoms with Gasteiger partial charge in [-0.15, -0.1) is 0 Å². The standard InChI is InChI=1S/C21H40N6O2/c1-15-9-12-27(13-10-15)20(29)18(4-2-3-11-25-21(23)24)26-19(28)17-7-5-16(14-22)6-8-17/h15-18H,2-14,22H2,1H3,(H,26,28)(H4,23,24,25)/t16?,17?,18-/m0/s1. The molecule has 0 radical (unpaired) electrons. The molecular formula is C21H40N6O2. The summed E-state index contributed by atoms with van der Waals surface area (Å²) in [6, 6.07) is -0.456. The van der Waals surface area contributed by atoms with Crippen LogP contribution in [0.1, 0.15) is 64.7 Å². The highest BCUT2D eigenvalue weighted by Crippen LogP contribution is 2.28. The van der Waals surface area contributed by atoms with Crippen molar-refractivity contribution in [2.45, 2.75) is 70.8 Å². The molecule has 8 heteroatoms. The topological polar surface area (TPSA) is 140 Å². The first-order valence-electron chi connectivity index (χ1n) is 11.2. The van der Waals surface area contributed by atoms with E-state index in [9.17, 15) is 9.59 Å². The second kappa shape index (κ2) is 12.0. The quantitative estimate of drug-likeness (QED) is 0.255. The van der Waals surface area contributed by atoms with E-state index in [0.717, 1.165) is 64.5 Å². The summed E-state index contributed by atoms with van der Waals surface area (Å²) in [6.45, 7) is 5.02. The zero-order chi connectivity index (χ0) is 21.2. The molecule has 1 saturated heterocycles. The number of likely N-dealkylation sites (tertiary alicyclic amines) is 1. The molecule has 0 aromatic heterocycles. The molecule has 0 aromatic rings. The van der Waals surface area contributed by atoms with Crippen molar-refractivity contribution >= 4 is 17.8 Å². The van der Waals surface area contributed by atoms with Crippen LogP contribution in [-0.4, -0.2) is 54.9 Å². The van der Waals surface area contributed by atoms with E-state index in [2.05, 4.69) is 17.2 Å². The normalized spacial score (nSPS) is 24.0. The number of nitrogens with one attached hydrogen (secondary N) is 1. The summed E-state index contributed by atoms with van der Waals surface area (Å²) < 4.78 is 0. The first-order valence-corrected chi connectivity index (χ1v) is 11.2. The molecule has 29 heavy (non-hydrogen) atoms. The SMILES string of the molecule is CC1CCN(C(=O)[C@H](CCCCN=C(N)N)NC(=O)C2CCC(CN)CC2)CC1. The highest BCUT2D eigenvalue weighted by atomic mass is 16.2. The summed E-state index contributed by atoms with van der Waals surface area (Å²) in [6.07, 6.45) is 7.97. The Labute approximate surface area is 175 Å². The van der Waals surface area contributed by atoms with Gasteiger partial charge in [-0.3, -0.25) is 14.6 Å². The van der Waals surface area contributed by atoms with E-state index in [1.165, 1.54) is 0 Å². The molecule has 1 heterocycles. The van der Waals surface area contributed by atoms with Gasteiger partial charge in [0.1, 0.15) is 6.04 Å². The van der Waals surface area contributed by atoms with Crippen LogP contribution in [0, 0.1) is 17.8 Å². The van der Waals surface area contributed by atoms with Gasteiger partial charge in [0.25, 0.3) is 0 Å². The summed E-state index contributed by atoms with van der Waals surface area (Å²) in [5, 5.41) is 3.08. The summed E-state index contributed by atoms with van der Waals surface area (Å²) in [4.78, 5) is 31.9. The fourth-order valence-electron chi connectivity index (χ4n) is 4.33. The van der Waals surface area contributed by atoms with Crippen molar-refractivity contribution in [1.82, 2.24) is 10.2 Å². The molecule has 2 rings (SSSR count). The van der Waals surface area contributed by atoms with Crippen molar-refractivity contribution in [3.05, 3.63) is 0 Å². The van der Waals surface area contributed by atoms with E-state index in [1.54, 1.807) is 0 Å². The first kappa shape index (κ1) is 23.4. The Bertz CT molecular complexity index is 547. The van der Waals surface area contributed by atoms with Crippen LogP contribution in [0.5, 0.6) is 0 Å². The lowest BCUT2D eigenvalue weighted by Crippen LogP contribution is -2.52. The van der Waals surface area contributed by atoms with E-state index >= 15 is 0 Å². The Morgan fingerprint density at radius 3 is 2.31 bits per heavy atom.